The van der Waals surface area contributed by atoms with Gasteiger partial charge in [0.05, 0.1) is 17.9 Å². The van der Waals surface area contributed by atoms with Gasteiger partial charge in [-0.25, -0.2) is 0 Å². The molecule has 0 radical (unpaired) electrons. The highest BCUT2D eigenvalue weighted by molar-refractivity contribution is 6.05. The molecule has 0 saturated carbocycles. The van der Waals surface area contributed by atoms with E-state index in [-0.39, 0.29) is 18.0 Å². The van der Waals surface area contributed by atoms with Crippen LogP contribution in [0.3, 0.4) is 0 Å². The van der Waals surface area contributed by atoms with Crippen molar-refractivity contribution in [1.29, 1.82) is 0 Å². The van der Waals surface area contributed by atoms with E-state index in [0.29, 0.717) is 0 Å². The molecule has 0 aliphatic carbocycles. The van der Waals surface area contributed by atoms with Crippen LogP contribution in [0.15, 0.2) is 12.4 Å². The number of amides is 1. The number of hydrogen-bond acceptors (Lipinski definition) is 3. The molecule has 88 valence electrons. The molecule has 2 N–H and O–H groups in total. The molecule has 1 aliphatic rings. The molecule has 1 aromatic heterocycles. The average molecular weight is 222 g/mol. The number of unbranched alkanes of at least 4 members (excludes halogenated alkanes) is 1. The second-order valence-corrected chi connectivity index (χ2v) is 4.29. The first-order valence-corrected chi connectivity index (χ1v) is 5.76. The lowest BCUT2D eigenvalue weighted by atomic mass is 9.97. The second-order valence-electron chi connectivity index (χ2n) is 4.29. The quantitative estimate of drug-likeness (QED) is 0.764. The van der Waals surface area contributed by atoms with Crippen molar-refractivity contribution in [3.05, 3.63) is 12.4 Å². The fourth-order valence-electron chi connectivity index (χ4n) is 1.93. The molecule has 2 heterocycles. The first-order chi connectivity index (χ1) is 7.65. The first kappa shape index (κ1) is 11.1. The third-order valence-electron chi connectivity index (χ3n) is 3.09. The Bertz CT molecular complexity index is 387. The van der Waals surface area contributed by atoms with Gasteiger partial charge in [0.25, 0.3) is 0 Å². The highest BCUT2D eigenvalue weighted by Crippen LogP contribution is 2.26. The molecule has 0 spiro atoms. The summed E-state index contributed by atoms with van der Waals surface area (Å²) in [7, 11) is 0. The van der Waals surface area contributed by atoms with Crippen LogP contribution in [0.25, 0.3) is 0 Å². The van der Waals surface area contributed by atoms with Crippen LogP contribution in [-0.2, 0) is 11.3 Å². The summed E-state index contributed by atoms with van der Waals surface area (Å²) < 4.78 is 1.88. The van der Waals surface area contributed by atoms with Gasteiger partial charge in [0.2, 0.25) is 5.91 Å². The summed E-state index contributed by atoms with van der Waals surface area (Å²) in [6.45, 7) is 5.00. The topological polar surface area (TPSA) is 64.2 Å². The van der Waals surface area contributed by atoms with Crippen molar-refractivity contribution in [2.75, 3.05) is 4.90 Å². The number of nitrogens with zero attached hydrogens (tertiary/aromatic N) is 3. The minimum Gasteiger partial charge on any atom is -0.318 e. The maximum absolute atomic E-state index is 11.6. The zero-order valence-electron chi connectivity index (χ0n) is 9.76. The molecule has 1 amide bonds. The van der Waals surface area contributed by atoms with Gasteiger partial charge < -0.3 is 10.6 Å². The summed E-state index contributed by atoms with van der Waals surface area (Å²) in [5.41, 5.74) is 6.52. The molecule has 2 atom stereocenters. The van der Waals surface area contributed by atoms with E-state index in [1.54, 1.807) is 11.1 Å². The maximum atomic E-state index is 11.6. The second kappa shape index (κ2) is 4.25. The summed E-state index contributed by atoms with van der Waals surface area (Å²) in [5, 5.41) is 4.23. The monoisotopic (exact) mass is 222 g/mol. The van der Waals surface area contributed by atoms with Crippen LogP contribution in [0, 0.1) is 0 Å². The Kier molecular flexibility index (Phi) is 2.96. The van der Waals surface area contributed by atoms with E-state index in [2.05, 4.69) is 12.0 Å². The fourth-order valence-corrected chi connectivity index (χ4v) is 1.93. The van der Waals surface area contributed by atoms with E-state index in [0.717, 1.165) is 25.1 Å². The van der Waals surface area contributed by atoms with Crippen molar-refractivity contribution in [3.8, 4) is 0 Å². The van der Waals surface area contributed by atoms with Gasteiger partial charge in [-0.1, -0.05) is 13.3 Å². The van der Waals surface area contributed by atoms with Crippen LogP contribution in [0.1, 0.15) is 26.7 Å². The molecule has 2 rings (SSSR count). The van der Waals surface area contributed by atoms with Crippen LogP contribution in [0.2, 0.25) is 0 Å². The minimum atomic E-state index is -0.348. The Hall–Kier alpha value is -1.36. The summed E-state index contributed by atoms with van der Waals surface area (Å²) in [5.74, 6) is -0.0115. The summed E-state index contributed by atoms with van der Waals surface area (Å²) in [6.07, 6.45) is 5.88. The fraction of sp³-hybridized carbons (Fsp3) is 0.636. The van der Waals surface area contributed by atoms with E-state index in [9.17, 15) is 4.79 Å². The molecular weight excluding hydrogens is 204 g/mol. The number of β-lactam (4-membered cyclic amide) rings is 1. The number of hydrogen-bond donors (Lipinski definition) is 1. The van der Waals surface area contributed by atoms with Crippen molar-refractivity contribution in [3.63, 3.8) is 0 Å². The molecule has 1 fully saturated rings. The third-order valence-corrected chi connectivity index (χ3v) is 3.09. The minimum absolute atomic E-state index is 0.0115. The molecule has 1 aliphatic heterocycles. The van der Waals surface area contributed by atoms with Gasteiger partial charge in [-0.15, -0.1) is 0 Å². The average Bonchev–Trinajstić information content (AvgIpc) is 2.74. The Morgan fingerprint density at radius 2 is 2.31 bits per heavy atom. The van der Waals surface area contributed by atoms with Crippen molar-refractivity contribution >= 4 is 11.6 Å². The number of aromatic nitrogens is 2. The molecule has 0 bridgehead atoms. The van der Waals surface area contributed by atoms with Gasteiger partial charge in [0.15, 0.2) is 0 Å². The number of aryl methyl sites for hydroxylation is 1. The lowest BCUT2D eigenvalue weighted by Gasteiger charge is -2.42. The van der Waals surface area contributed by atoms with Gasteiger partial charge in [-0.05, 0) is 13.3 Å². The first-order valence-electron chi connectivity index (χ1n) is 5.76. The highest BCUT2D eigenvalue weighted by Gasteiger charge is 2.43. The van der Waals surface area contributed by atoms with Crippen molar-refractivity contribution in [2.24, 2.45) is 5.73 Å². The van der Waals surface area contributed by atoms with Crippen molar-refractivity contribution in [1.82, 2.24) is 9.78 Å². The van der Waals surface area contributed by atoms with Crippen molar-refractivity contribution in [2.45, 2.75) is 45.3 Å². The third kappa shape index (κ3) is 1.71. The van der Waals surface area contributed by atoms with E-state index in [4.69, 9.17) is 5.73 Å². The van der Waals surface area contributed by atoms with Gasteiger partial charge in [0, 0.05) is 12.7 Å². The van der Waals surface area contributed by atoms with Crippen LogP contribution in [0.5, 0.6) is 0 Å². The SMILES string of the molecule is CCCCn1cc(N2C(=O)C(N)C2C)cn1. The zero-order chi connectivity index (χ0) is 11.7. The van der Waals surface area contributed by atoms with Crippen molar-refractivity contribution < 1.29 is 4.79 Å². The van der Waals surface area contributed by atoms with E-state index >= 15 is 0 Å². The molecule has 2 unspecified atom stereocenters. The Labute approximate surface area is 95.2 Å². The van der Waals surface area contributed by atoms with E-state index in [1.807, 2.05) is 17.8 Å². The standard InChI is InChI=1S/C11H18N4O/c1-3-4-5-14-7-9(6-13-14)15-8(2)10(12)11(15)16/h6-8,10H,3-5,12H2,1-2H3. The molecule has 5 heteroatoms. The predicted octanol–water partition coefficient (Wildman–Crippen LogP) is 0.746. The molecule has 5 nitrogen and oxygen atoms in total. The van der Waals surface area contributed by atoms with E-state index in [1.165, 1.54) is 0 Å². The molecule has 0 aromatic carbocycles. The molecular formula is C11H18N4O. The zero-order valence-corrected chi connectivity index (χ0v) is 9.76. The van der Waals surface area contributed by atoms with E-state index < -0.39 is 0 Å². The van der Waals surface area contributed by atoms with Crippen LogP contribution in [-0.4, -0.2) is 27.8 Å². The lowest BCUT2D eigenvalue weighted by Crippen LogP contribution is -2.67. The number of carbonyl (C=O) groups is 1. The Morgan fingerprint density at radius 1 is 1.56 bits per heavy atom. The number of nitrogens with two attached hydrogens (primary N) is 1. The molecule has 1 aromatic rings. The van der Waals surface area contributed by atoms with Crippen LogP contribution >= 0.6 is 0 Å². The normalized spacial score (nSPS) is 24.7. The van der Waals surface area contributed by atoms with Gasteiger partial charge in [0.1, 0.15) is 6.04 Å². The van der Waals surface area contributed by atoms with Gasteiger partial charge >= 0.3 is 0 Å². The molecule has 16 heavy (non-hydrogen) atoms. The van der Waals surface area contributed by atoms with Crippen LogP contribution in [0.4, 0.5) is 5.69 Å². The summed E-state index contributed by atoms with van der Waals surface area (Å²) in [6, 6.07) is -0.268. The summed E-state index contributed by atoms with van der Waals surface area (Å²) in [4.78, 5) is 13.3. The number of anilines is 1. The van der Waals surface area contributed by atoms with Crippen LogP contribution < -0.4 is 10.6 Å². The Morgan fingerprint density at radius 3 is 2.94 bits per heavy atom. The van der Waals surface area contributed by atoms with Gasteiger partial charge in [-0.2, -0.15) is 5.10 Å². The smallest absolute Gasteiger partial charge is 0.246 e. The number of rotatable bonds is 4. The lowest BCUT2D eigenvalue weighted by molar-refractivity contribution is -0.125. The maximum Gasteiger partial charge on any atom is 0.246 e. The Balaban J connectivity index is 2.05. The summed E-state index contributed by atoms with van der Waals surface area (Å²) >= 11 is 0. The van der Waals surface area contributed by atoms with Gasteiger partial charge in [-0.3, -0.25) is 9.48 Å². The predicted molar refractivity (Wildman–Crippen MR) is 62.1 cm³/mol. The largest absolute Gasteiger partial charge is 0.318 e. The highest BCUT2D eigenvalue weighted by atomic mass is 16.2. The number of carbonyl (C=O) groups excluding carboxylic acids is 1. The molecule has 1 saturated heterocycles.